The average molecular weight is 438 g/mol. The number of nitrogens with zero attached hydrogens (tertiary/aromatic N) is 3. The Morgan fingerprint density at radius 1 is 0.867 bits per heavy atom. The van der Waals surface area contributed by atoms with Crippen LogP contribution in [-0.2, 0) is 5.75 Å². The van der Waals surface area contributed by atoms with Gasteiger partial charge in [-0.1, -0.05) is 47.6 Å². The summed E-state index contributed by atoms with van der Waals surface area (Å²) in [4.78, 5) is 0. The fraction of sp³-hybridized carbons (Fsp3) is 0.130. The van der Waals surface area contributed by atoms with Crippen LogP contribution in [0.2, 0.25) is 5.02 Å². The Bertz CT molecular complexity index is 1150. The fourth-order valence-electron chi connectivity index (χ4n) is 3.05. The van der Waals surface area contributed by atoms with E-state index >= 15 is 0 Å². The predicted molar refractivity (Wildman–Crippen MR) is 121 cm³/mol. The van der Waals surface area contributed by atoms with Gasteiger partial charge in [-0.3, -0.25) is 4.57 Å². The number of hydrogen-bond donors (Lipinski definition) is 0. The van der Waals surface area contributed by atoms with Crippen molar-refractivity contribution >= 4 is 23.4 Å². The molecule has 0 saturated carbocycles. The zero-order valence-electron chi connectivity index (χ0n) is 16.6. The summed E-state index contributed by atoms with van der Waals surface area (Å²) < 4.78 is 12.7. The van der Waals surface area contributed by atoms with E-state index in [-0.39, 0.29) is 0 Å². The van der Waals surface area contributed by atoms with Gasteiger partial charge in [0.2, 0.25) is 0 Å². The lowest BCUT2D eigenvalue weighted by Crippen LogP contribution is -2.00. The lowest BCUT2D eigenvalue weighted by atomic mass is 10.2. The molecule has 0 N–H and O–H groups in total. The third-order valence-electron chi connectivity index (χ3n) is 4.55. The summed E-state index contributed by atoms with van der Waals surface area (Å²) >= 11 is 7.74. The molecule has 3 aromatic carbocycles. The van der Waals surface area contributed by atoms with Gasteiger partial charge in [0.1, 0.15) is 11.5 Å². The molecule has 0 aliphatic rings. The van der Waals surface area contributed by atoms with Crippen molar-refractivity contribution < 1.29 is 9.47 Å². The first-order valence-corrected chi connectivity index (χ1v) is 10.7. The van der Waals surface area contributed by atoms with Gasteiger partial charge in [-0.25, -0.2) is 0 Å². The number of rotatable bonds is 7. The number of ether oxygens (including phenoxy) is 2. The molecule has 0 radical (unpaired) electrons. The number of halogens is 1. The molecular formula is C23H20ClN3O2S. The van der Waals surface area contributed by atoms with Crippen LogP contribution in [0.1, 0.15) is 5.56 Å². The molecule has 5 nitrogen and oxygen atoms in total. The van der Waals surface area contributed by atoms with Gasteiger partial charge < -0.3 is 9.47 Å². The highest BCUT2D eigenvalue weighted by Crippen LogP contribution is 2.32. The van der Waals surface area contributed by atoms with E-state index in [4.69, 9.17) is 21.1 Å². The first kappa shape index (κ1) is 20.3. The van der Waals surface area contributed by atoms with Crippen molar-refractivity contribution in [3.8, 4) is 28.6 Å². The van der Waals surface area contributed by atoms with Gasteiger partial charge in [0.15, 0.2) is 11.0 Å². The van der Waals surface area contributed by atoms with E-state index in [0.29, 0.717) is 0 Å². The van der Waals surface area contributed by atoms with E-state index in [2.05, 4.69) is 16.3 Å². The van der Waals surface area contributed by atoms with Gasteiger partial charge in [-0.05, 0) is 54.1 Å². The fourth-order valence-corrected chi connectivity index (χ4v) is 4.16. The molecule has 0 atom stereocenters. The molecule has 30 heavy (non-hydrogen) atoms. The molecule has 0 bridgehead atoms. The number of methoxy groups -OCH3 is 2. The van der Waals surface area contributed by atoms with Crippen LogP contribution in [0.4, 0.5) is 0 Å². The number of benzene rings is 3. The highest BCUT2D eigenvalue weighted by molar-refractivity contribution is 7.98. The first-order valence-electron chi connectivity index (χ1n) is 9.29. The molecule has 0 saturated heterocycles. The van der Waals surface area contributed by atoms with E-state index in [0.717, 1.165) is 50.1 Å². The molecule has 0 amide bonds. The lowest BCUT2D eigenvalue weighted by molar-refractivity contribution is 0.414. The van der Waals surface area contributed by atoms with Crippen molar-refractivity contribution in [3.05, 3.63) is 83.4 Å². The highest BCUT2D eigenvalue weighted by atomic mass is 35.5. The molecule has 4 rings (SSSR count). The van der Waals surface area contributed by atoms with Crippen LogP contribution in [0.5, 0.6) is 11.5 Å². The maximum absolute atomic E-state index is 6.13. The van der Waals surface area contributed by atoms with Crippen LogP contribution < -0.4 is 9.47 Å². The minimum atomic E-state index is 0.724. The Morgan fingerprint density at radius 3 is 2.37 bits per heavy atom. The van der Waals surface area contributed by atoms with Gasteiger partial charge >= 0.3 is 0 Å². The van der Waals surface area contributed by atoms with Crippen molar-refractivity contribution in [2.45, 2.75) is 10.9 Å². The highest BCUT2D eigenvalue weighted by Gasteiger charge is 2.17. The topological polar surface area (TPSA) is 49.2 Å². The summed E-state index contributed by atoms with van der Waals surface area (Å²) in [5.74, 6) is 3.04. The lowest BCUT2D eigenvalue weighted by Gasteiger charge is -2.12. The predicted octanol–water partition coefficient (Wildman–Crippen LogP) is 5.90. The summed E-state index contributed by atoms with van der Waals surface area (Å²) in [6, 6.07) is 23.5. The van der Waals surface area contributed by atoms with Gasteiger partial charge in [0.05, 0.1) is 14.2 Å². The maximum Gasteiger partial charge on any atom is 0.196 e. The quantitative estimate of drug-likeness (QED) is 0.337. The zero-order chi connectivity index (χ0) is 20.9. The van der Waals surface area contributed by atoms with Crippen molar-refractivity contribution in [2.75, 3.05) is 14.2 Å². The van der Waals surface area contributed by atoms with Crippen LogP contribution in [0.25, 0.3) is 17.1 Å². The zero-order valence-corrected chi connectivity index (χ0v) is 18.2. The van der Waals surface area contributed by atoms with Crippen molar-refractivity contribution in [1.82, 2.24) is 14.8 Å². The van der Waals surface area contributed by atoms with E-state index < -0.39 is 0 Å². The van der Waals surface area contributed by atoms with Crippen LogP contribution in [0, 0.1) is 0 Å². The smallest absolute Gasteiger partial charge is 0.196 e. The van der Waals surface area contributed by atoms with Crippen LogP contribution in [0.3, 0.4) is 0 Å². The molecule has 0 unspecified atom stereocenters. The van der Waals surface area contributed by atoms with Crippen LogP contribution >= 0.6 is 23.4 Å². The third kappa shape index (κ3) is 4.45. The average Bonchev–Trinajstić information content (AvgIpc) is 3.22. The van der Waals surface area contributed by atoms with E-state index in [9.17, 15) is 0 Å². The second kappa shape index (κ2) is 9.24. The monoisotopic (exact) mass is 437 g/mol. The Hall–Kier alpha value is -2.96. The summed E-state index contributed by atoms with van der Waals surface area (Å²) in [5, 5.41) is 10.5. The molecule has 1 heterocycles. The Kier molecular flexibility index (Phi) is 6.26. The minimum absolute atomic E-state index is 0.724. The molecule has 0 fully saturated rings. The summed E-state index contributed by atoms with van der Waals surface area (Å²) in [5.41, 5.74) is 3.00. The van der Waals surface area contributed by atoms with Gasteiger partial charge in [-0.2, -0.15) is 0 Å². The maximum atomic E-state index is 6.13. The van der Waals surface area contributed by atoms with E-state index in [1.807, 2.05) is 71.3 Å². The van der Waals surface area contributed by atoms with Gasteiger partial charge in [0, 0.05) is 22.0 Å². The third-order valence-corrected chi connectivity index (χ3v) is 5.78. The molecule has 0 aliphatic heterocycles. The summed E-state index contributed by atoms with van der Waals surface area (Å²) in [7, 11) is 3.31. The molecule has 0 aliphatic carbocycles. The van der Waals surface area contributed by atoms with Crippen LogP contribution in [-0.4, -0.2) is 29.0 Å². The number of hydrogen-bond acceptors (Lipinski definition) is 5. The van der Waals surface area contributed by atoms with Gasteiger partial charge in [0.25, 0.3) is 0 Å². The molecular weight excluding hydrogens is 418 g/mol. The first-order chi connectivity index (χ1) is 14.7. The van der Waals surface area contributed by atoms with Crippen molar-refractivity contribution in [2.24, 2.45) is 0 Å². The van der Waals surface area contributed by atoms with E-state index in [1.165, 1.54) is 0 Å². The van der Waals surface area contributed by atoms with Crippen LogP contribution in [0.15, 0.2) is 78.0 Å². The number of thioether (sulfide) groups is 1. The summed E-state index contributed by atoms with van der Waals surface area (Å²) in [6.45, 7) is 0. The number of aromatic nitrogens is 3. The van der Waals surface area contributed by atoms with E-state index in [1.54, 1.807) is 26.0 Å². The normalized spacial score (nSPS) is 10.8. The van der Waals surface area contributed by atoms with Crippen molar-refractivity contribution in [3.63, 3.8) is 0 Å². The minimum Gasteiger partial charge on any atom is -0.497 e. The SMILES string of the molecule is COc1ccc(-n2c(SCc3cccc(Cl)c3)nnc2-c2cccc(OC)c2)cc1. The Morgan fingerprint density at radius 2 is 1.63 bits per heavy atom. The molecule has 1 aromatic heterocycles. The Labute approximate surface area is 184 Å². The largest absolute Gasteiger partial charge is 0.497 e. The van der Waals surface area contributed by atoms with Crippen molar-refractivity contribution in [1.29, 1.82) is 0 Å². The molecule has 152 valence electrons. The second-order valence-electron chi connectivity index (χ2n) is 6.49. The summed E-state index contributed by atoms with van der Waals surface area (Å²) in [6.07, 6.45) is 0. The second-order valence-corrected chi connectivity index (χ2v) is 7.87. The molecule has 4 aromatic rings. The Balaban J connectivity index is 1.74. The standard InChI is InChI=1S/C23H20ClN3O2S/c1-28-20-11-9-19(10-12-20)27-22(17-6-4-8-21(14-17)29-2)25-26-23(27)30-15-16-5-3-7-18(24)13-16/h3-14H,15H2,1-2H3. The van der Waals surface area contributed by atoms with Gasteiger partial charge in [-0.15, -0.1) is 10.2 Å². The molecule has 7 heteroatoms. The molecule has 0 spiro atoms.